The van der Waals surface area contributed by atoms with Gasteiger partial charge in [0.25, 0.3) is 5.56 Å². The van der Waals surface area contributed by atoms with E-state index >= 15 is 0 Å². The summed E-state index contributed by atoms with van der Waals surface area (Å²) in [6.07, 6.45) is 7.10. The van der Waals surface area contributed by atoms with Crippen molar-refractivity contribution >= 4 is 0 Å². The topological polar surface area (TPSA) is 56.0 Å². The van der Waals surface area contributed by atoms with Gasteiger partial charge in [-0.05, 0) is 44.8 Å². The molecule has 2 aromatic rings. The smallest absolute Gasteiger partial charge is 0.266 e. The third kappa shape index (κ3) is 4.07. The van der Waals surface area contributed by atoms with Crippen LogP contribution in [0.15, 0.2) is 29.3 Å². The van der Waals surface area contributed by atoms with Gasteiger partial charge in [0.1, 0.15) is 5.82 Å². The number of hydrogen-bond acceptors (Lipinski definition) is 4. The lowest BCUT2D eigenvalue weighted by Gasteiger charge is -2.31. The highest BCUT2D eigenvalue weighted by Gasteiger charge is 2.20. The molecule has 0 saturated carbocycles. The summed E-state index contributed by atoms with van der Waals surface area (Å²) in [4.78, 5) is 18.7. The van der Waals surface area contributed by atoms with Gasteiger partial charge >= 0.3 is 0 Å². The van der Waals surface area contributed by atoms with E-state index in [9.17, 15) is 4.79 Å². The summed E-state index contributed by atoms with van der Waals surface area (Å²) in [5.41, 5.74) is 0.907. The molecule has 0 spiro atoms. The summed E-state index contributed by atoms with van der Waals surface area (Å²) < 4.78 is 3.71. The minimum absolute atomic E-state index is 0.00723. The van der Waals surface area contributed by atoms with Crippen LogP contribution in [0.5, 0.6) is 0 Å². The lowest BCUT2D eigenvalue weighted by molar-refractivity contribution is 0.170. The Morgan fingerprint density at radius 2 is 2.04 bits per heavy atom. The van der Waals surface area contributed by atoms with Gasteiger partial charge in [0.05, 0.1) is 5.69 Å². The molecule has 0 bridgehead atoms. The lowest BCUT2D eigenvalue weighted by atomic mass is 9.96. The van der Waals surface area contributed by atoms with Crippen LogP contribution in [0.25, 0.3) is 0 Å². The summed E-state index contributed by atoms with van der Waals surface area (Å²) in [5.74, 6) is 1.69. The Balaban J connectivity index is 1.48. The van der Waals surface area contributed by atoms with Gasteiger partial charge in [-0.3, -0.25) is 4.79 Å². The van der Waals surface area contributed by atoms with Gasteiger partial charge in [0, 0.05) is 45.0 Å². The number of aryl methyl sites for hydroxylation is 2. The standard InChI is InChI=1S/C17H25N5O/c1-14-3-4-17(23)22(19-14)13-15-5-9-21(10-6-15)11-7-16-18-8-12-20(16)2/h3-4,8,12,15H,5-7,9-11,13H2,1-2H3. The highest BCUT2D eigenvalue weighted by Crippen LogP contribution is 2.18. The normalized spacial score (nSPS) is 16.8. The third-order valence-corrected chi connectivity index (χ3v) is 4.71. The molecule has 124 valence electrons. The average Bonchev–Trinajstić information content (AvgIpc) is 2.95. The van der Waals surface area contributed by atoms with Gasteiger partial charge in [0.15, 0.2) is 0 Å². The Bertz CT molecular complexity index is 697. The fourth-order valence-electron chi connectivity index (χ4n) is 3.21. The van der Waals surface area contributed by atoms with Gasteiger partial charge in [-0.2, -0.15) is 5.10 Å². The van der Waals surface area contributed by atoms with E-state index in [1.165, 1.54) is 0 Å². The molecule has 6 nitrogen and oxygen atoms in total. The number of nitrogens with zero attached hydrogens (tertiary/aromatic N) is 5. The molecule has 0 unspecified atom stereocenters. The molecule has 23 heavy (non-hydrogen) atoms. The van der Waals surface area contributed by atoms with Crippen LogP contribution in [-0.4, -0.2) is 43.9 Å². The predicted octanol–water partition coefficient (Wildman–Crippen LogP) is 1.24. The van der Waals surface area contributed by atoms with Crippen LogP contribution < -0.4 is 5.56 Å². The zero-order valence-electron chi connectivity index (χ0n) is 14.0. The van der Waals surface area contributed by atoms with Gasteiger partial charge in [-0.15, -0.1) is 0 Å². The van der Waals surface area contributed by atoms with Crippen molar-refractivity contribution in [1.29, 1.82) is 0 Å². The van der Waals surface area contributed by atoms with Gasteiger partial charge in [-0.25, -0.2) is 9.67 Å². The maximum absolute atomic E-state index is 11.9. The fraction of sp³-hybridized carbons (Fsp3) is 0.588. The van der Waals surface area contributed by atoms with Crippen LogP contribution in [0.3, 0.4) is 0 Å². The molecule has 2 aromatic heterocycles. The summed E-state index contributed by atoms with van der Waals surface area (Å²) in [7, 11) is 2.04. The second kappa shape index (κ2) is 7.08. The van der Waals surface area contributed by atoms with Crippen molar-refractivity contribution in [2.24, 2.45) is 13.0 Å². The van der Waals surface area contributed by atoms with E-state index in [-0.39, 0.29) is 5.56 Å². The molecule has 0 amide bonds. The van der Waals surface area contributed by atoms with Crippen LogP contribution in [-0.2, 0) is 20.0 Å². The number of imidazole rings is 1. The fourth-order valence-corrected chi connectivity index (χ4v) is 3.21. The van der Waals surface area contributed by atoms with E-state index in [0.717, 1.165) is 57.0 Å². The molecule has 1 aliphatic rings. The minimum atomic E-state index is 0.00723. The second-order valence-electron chi connectivity index (χ2n) is 6.48. The van der Waals surface area contributed by atoms with E-state index in [1.54, 1.807) is 16.8 Å². The molecule has 0 radical (unpaired) electrons. The summed E-state index contributed by atoms with van der Waals surface area (Å²) >= 11 is 0. The minimum Gasteiger partial charge on any atom is -0.338 e. The highest BCUT2D eigenvalue weighted by molar-refractivity contribution is 4.97. The van der Waals surface area contributed by atoms with Crippen LogP contribution in [0.1, 0.15) is 24.4 Å². The Morgan fingerprint density at radius 3 is 2.74 bits per heavy atom. The number of hydrogen-bond donors (Lipinski definition) is 0. The zero-order valence-corrected chi connectivity index (χ0v) is 14.0. The molecule has 1 aliphatic heterocycles. The monoisotopic (exact) mass is 315 g/mol. The molecule has 0 N–H and O–H groups in total. The quantitative estimate of drug-likeness (QED) is 0.833. The Hall–Kier alpha value is -1.95. The summed E-state index contributed by atoms with van der Waals surface area (Å²) in [6.45, 7) is 5.91. The second-order valence-corrected chi connectivity index (χ2v) is 6.48. The first-order chi connectivity index (χ1) is 11.1. The number of aromatic nitrogens is 4. The molecular formula is C17H25N5O. The molecule has 1 fully saturated rings. The molecule has 3 rings (SSSR count). The van der Waals surface area contributed by atoms with Crippen molar-refractivity contribution in [1.82, 2.24) is 24.2 Å². The Labute approximate surface area is 136 Å². The maximum atomic E-state index is 11.9. The first-order valence-electron chi connectivity index (χ1n) is 8.35. The van der Waals surface area contributed by atoms with Crippen molar-refractivity contribution in [3.63, 3.8) is 0 Å². The molecular weight excluding hydrogens is 290 g/mol. The van der Waals surface area contributed by atoms with E-state index in [0.29, 0.717) is 5.92 Å². The number of likely N-dealkylation sites (tertiary alicyclic amines) is 1. The average molecular weight is 315 g/mol. The first kappa shape index (κ1) is 15.9. The van der Waals surface area contributed by atoms with Crippen LogP contribution >= 0.6 is 0 Å². The van der Waals surface area contributed by atoms with Crippen LogP contribution in [0, 0.1) is 12.8 Å². The van der Waals surface area contributed by atoms with Crippen molar-refractivity contribution < 1.29 is 0 Å². The van der Waals surface area contributed by atoms with Gasteiger partial charge < -0.3 is 9.47 Å². The molecule has 3 heterocycles. The number of rotatable bonds is 5. The largest absolute Gasteiger partial charge is 0.338 e. The Morgan fingerprint density at radius 1 is 1.26 bits per heavy atom. The van der Waals surface area contributed by atoms with Crippen LogP contribution in [0.2, 0.25) is 0 Å². The van der Waals surface area contributed by atoms with E-state index in [4.69, 9.17) is 0 Å². The molecule has 0 atom stereocenters. The van der Waals surface area contributed by atoms with Crippen molar-refractivity contribution in [2.45, 2.75) is 32.7 Å². The molecule has 6 heteroatoms. The van der Waals surface area contributed by atoms with Gasteiger partial charge in [0.2, 0.25) is 0 Å². The van der Waals surface area contributed by atoms with E-state index in [2.05, 4.69) is 19.5 Å². The predicted molar refractivity (Wildman–Crippen MR) is 89.3 cm³/mol. The summed E-state index contributed by atoms with van der Waals surface area (Å²) in [5, 5.41) is 4.35. The maximum Gasteiger partial charge on any atom is 0.266 e. The molecule has 0 aromatic carbocycles. The number of piperidine rings is 1. The highest BCUT2D eigenvalue weighted by atomic mass is 16.1. The lowest BCUT2D eigenvalue weighted by Crippen LogP contribution is -2.38. The third-order valence-electron chi connectivity index (χ3n) is 4.71. The van der Waals surface area contributed by atoms with Gasteiger partial charge in [-0.1, -0.05) is 0 Å². The SMILES string of the molecule is Cc1ccc(=O)n(CC2CCN(CCc3nccn3C)CC2)n1. The van der Waals surface area contributed by atoms with Crippen LogP contribution in [0.4, 0.5) is 0 Å². The Kier molecular flexibility index (Phi) is 4.91. The molecule has 1 saturated heterocycles. The summed E-state index contributed by atoms with van der Waals surface area (Å²) in [6, 6.07) is 3.39. The van der Waals surface area contributed by atoms with Crippen molar-refractivity contribution in [3.8, 4) is 0 Å². The first-order valence-corrected chi connectivity index (χ1v) is 8.35. The molecule has 0 aliphatic carbocycles. The van der Waals surface area contributed by atoms with E-state index < -0.39 is 0 Å². The van der Waals surface area contributed by atoms with E-state index in [1.807, 2.05) is 26.4 Å². The zero-order chi connectivity index (χ0) is 16.2. The van der Waals surface area contributed by atoms with Crippen molar-refractivity contribution in [3.05, 3.63) is 46.4 Å². The van der Waals surface area contributed by atoms with Crippen molar-refractivity contribution in [2.75, 3.05) is 19.6 Å².